The Hall–Kier alpha value is -1.25. The quantitative estimate of drug-likeness (QED) is 0.739. The van der Waals surface area contributed by atoms with Crippen LogP contribution in [-0.2, 0) is 0 Å². The van der Waals surface area contributed by atoms with E-state index in [0.29, 0.717) is 23.1 Å². The molecular weight excluding hydrogens is 251 g/mol. The van der Waals surface area contributed by atoms with E-state index in [4.69, 9.17) is 5.73 Å². The third-order valence-corrected chi connectivity index (χ3v) is 3.60. The molecule has 0 amide bonds. The predicted molar refractivity (Wildman–Crippen MR) is 86.7 cm³/mol. The molecule has 0 atom stereocenters. The van der Waals surface area contributed by atoms with Gasteiger partial charge in [-0.1, -0.05) is 27.7 Å². The van der Waals surface area contributed by atoms with Gasteiger partial charge in [-0.3, -0.25) is 0 Å². The van der Waals surface area contributed by atoms with Crippen LogP contribution in [0.4, 0.5) is 15.8 Å². The SMILES string of the molecule is Cc1cc(N(CCC(C)C)CCC(C)C)c(N)cc1F. The van der Waals surface area contributed by atoms with E-state index in [1.165, 1.54) is 6.07 Å². The third-order valence-electron chi connectivity index (χ3n) is 3.60. The highest BCUT2D eigenvalue weighted by Gasteiger charge is 2.13. The topological polar surface area (TPSA) is 29.3 Å². The van der Waals surface area contributed by atoms with Crippen LogP contribution >= 0.6 is 0 Å². The van der Waals surface area contributed by atoms with Crippen LogP contribution in [0, 0.1) is 24.6 Å². The van der Waals surface area contributed by atoms with Gasteiger partial charge in [0.1, 0.15) is 5.82 Å². The summed E-state index contributed by atoms with van der Waals surface area (Å²) in [6.07, 6.45) is 2.24. The van der Waals surface area contributed by atoms with Gasteiger partial charge in [0.2, 0.25) is 0 Å². The maximum atomic E-state index is 13.6. The number of hydrogen-bond acceptors (Lipinski definition) is 2. The standard InChI is InChI=1S/C17H29FN2/c1-12(2)6-8-20(9-7-13(3)4)17-10-14(5)15(18)11-16(17)19/h10-13H,6-9,19H2,1-5H3. The Labute approximate surface area is 123 Å². The van der Waals surface area contributed by atoms with E-state index >= 15 is 0 Å². The lowest BCUT2D eigenvalue weighted by atomic mass is 10.1. The molecule has 0 saturated heterocycles. The maximum Gasteiger partial charge on any atom is 0.128 e. The van der Waals surface area contributed by atoms with Gasteiger partial charge in [-0.2, -0.15) is 0 Å². The fourth-order valence-electron chi connectivity index (χ4n) is 2.14. The van der Waals surface area contributed by atoms with Gasteiger partial charge in [-0.15, -0.1) is 0 Å². The molecule has 0 saturated carbocycles. The molecule has 0 radical (unpaired) electrons. The van der Waals surface area contributed by atoms with Gasteiger partial charge < -0.3 is 10.6 Å². The van der Waals surface area contributed by atoms with E-state index in [9.17, 15) is 4.39 Å². The minimum atomic E-state index is -0.223. The van der Waals surface area contributed by atoms with Crippen LogP contribution in [0.5, 0.6) is 0 Å². The molecule has 0 spiro atoms. The number of nitrogens with two attached hydrogens (primary N) is 1. The minimum absolute atomic E-state index is 0.223. The molecule has 0 aliphatic carbocycles. The van der Waals surface area contributed by atoms with Gasteiger partial charge in [0, 0.05) is 13.1 Å². The molecule has 1 rings (SSSR count). The largest absolute Gasteiger partial charge is 0.397 e. The van der Waals surface area contributed by atoms with Crippen LogP contribution < -0.4 is 10.6 Å². The Morgan fingerprint density at radius 2 is 1.55 bits per heavy atom. The molecule has 0 aromatic heterocycles. The molecule has 3 heteroatoms. The number of nitrogen functional groups attached to an aromatic ring is 1. The van der Waals surface area contributed by atoms with Crippen molar-refractivity contribution in [2.45, 2.75) is 47.5 Å². The van der Waals surface area contributed by atoms with Crippen molar-refractivity contribution >= 4 is 11.4 Å². The lowest BCUT2D eigenvalue weighted by Gasteiger charge is -2.28. The monoisotopic (exact) mass is 280 g/mol. The number of nitrogens with zero attached hydrogens (tertiary/aromatic N) is 1. The summed E-state index contributed by atoms with van der Waals surface area (Å²) < 4.78 is 13.6. The van der Waals surface area contributed by atoms with Crippen LogP contribution in [0.2, 0.25) is 0 Å². The van der Waals surface area contributed by atoms with Crippen molar-refractivity contribution in [2.75, 3.05) is 23.7 Å². The summed E-state index contributed by atoms with van der Waals surface area (Å²) in [6, 6.07) is 3.33. The molecule has 0 aliphatic rings. The Bertz CT molecular complexity index is 415. The Morgan fingerprint density at radius 1 is 1.05 bits per heavy atom. The van der Waals surface area contributed by atoms with Crippen LogP contribution in [0.3, 0.4) is 0 Å². The lowest BCUT2D eigenvalue weighted by Crippen LogP contribution is -2.28. The summed E-state index contributed by atoms with van der Waals surface area (Å²) in [7, 11) is 0. The Morgan fingerprint density at radius 3 is 2.00 bits per heavy atom. The Balaban J connectivity index is 2.93. The van der Waals surface area contributed by atoms with Gasteiger partial charge in [0.05, 0.1) is 11.4 Å². The fraction of sp³-hybridized carbons (Fsp3) is 0.647. The van der Waals surface area contributed by atoms with Crippen molar-refractivity contribution in [3.63, 3.8) is 0 Å². The minimum Gasteiger partial charge on any atom is -0.397 e. The lowest BCUT2D eigenvalue weighted by molar-refractivity contribution is 0.535. The van der Waals surface area contributed by atoms with Crippen LogP contribution in [0.25, 0.3) is 0 Å². The smallest absolute Gasteiger partial charge is 0.128 e. The van der Waals surface area contributed by atoms with Crippen molar-refractivity contribution < 1.29 is 4.39 Å². The molecule has 0 bridgehead atoms. The van der Waals surface area contributed by atoms with Gasteiger partial charge in [0.25, 0.3) is 0 Å². The van der Waals surface area contributed by atoms with Crippen LogP contribution in [0.1, 0.15) is 46.1 Å². The van der Waals surface area contributed by atoms with Crippen molar-refractivity contribution in [3.8, 4) is 0 Å². The fourth-order valence-corrected chi connectivity index (χ4v) is 2.14. The molecule has 1 aromatic carbocycles. The van der Waals surface area contributed by atoms with Gasteiger partial charge in [-0.05, 0) is 49.3 Å². The summed E-state index contributed by atoms with van der Waals surface area (Å²) in [5.74, 6) is 1.08. The third kappa shape index (κ3) is 5.03. The maximum absolute atomic E-state index is 13.6. The average molecular weight is 280 g/mol. The summed E-state index contributed by atoms with van der Waals surface area (Å²) in [6.45, 7) is 12.6. The van der Waals surface area contributed by atoms with E-state index in [1.807, 2.05) is 6.07 Å². The second-order valence-electron chi connectivity index (χ2n) is 6.51. The van der Waals surface area contributed by atoms with Crippen molar-refractivity contribution in [3.05, 3.63) is 23.5 Å². The molecule has 2 nitrogen and oxygen atoms in total. The molecular formula is C17H29FN2. The highest BCUT2D eigenvalue weighted by molar-refractivity contribution is 5.68. The van der Waals surface area contributed by atoms with Crippen LogP contribution in [0.15, 0.2) is 12.1 Å². The van der Waals surface area contributed by atoms with Crippen LogP contribution in [-0.4, -0.2) is 13.1 Å². The average Bonchev–Trinajstić information content (AvgIpc) is 2.34. The van der Waals surface area contributed by atoms with Gasteiger partial charge in [0.15, 0.2) is 0 Å². The highest BCUT2D eigenvalue weighted by atomic mass is 19.1. The molecule has 2 N–H and O–H groups in total. The van der Waals surface area contributed by atoms with Crippen molar-refractivity contribution in [2.24, 2.45) is 11.8 Å². The zero-order valence-corrected chi connectivity index (χ0v) is 13.5. The van der Waals surface area contributed by atoms with E-state index < -0.39 is 0 Å². The molecule has 0 unspecified atom stereocenters. The zero-order valence-electron chi connectivity index (χ0n) is 13.5. The second kappa shape index (κ2) is 7.51. The number of anilines is 2. The number of hydrogen-bond donors (Lipinski definition) is 1. The van der Waals surface area contributed by atoms with E-state index in [1.54, 1.807) is 6.92 Å². The highest BCUT2D eigenvalue weighted by Crippen LogP contribution is 2.27. The molecule has 0 aliphatic heterocycles. The van der Waals surface area contributed by atoms with Gasteiger partial charge in [-0.25, -0.2) is 4.39 Å². The first-order valence-electron chi connectivity index (χ1n) is 7.61. The van der Waals surface area contributed by atoms with Crippen molar-refractivity contribution in [1.82, 2.24) is 0 Å². The summed E-state index contributed by atoms with van der Waals surface area (Å²) in [4.78, 5) is 2.31. The van der Waals surface area contributed by atoms with Gasteiger partial charge >= 0.3 is 0 Å². The predicted octanol–water partition coefficient (Wildman–Crippen LogP) is 4.61. The molecule has 114 valence electrons. The van der Waals surface area contributed by atoms with Crippen molar-refractivity contribution in [1.29, 1.82) is 0 Å². The van der Waals surface area contributed by atoms with E-state index in [-0.39, 0.29) is 5.82 Å². The zero-order chi connectivity index (χ0) is 15.3. The molecule has 0 fully saturated rings. The summed E-state index contributed by atoms with van der Waals surface area (Å²) >= 11 is 0. The number of halogens is 1. The number of benzene rings is 1. The van der Waals surface area contributed by atoms with E-state index in [0.717, 1.165) is 31.6 Å². The number of aryl methyl sites for hydroxylation is 1. The second-order valence-corrected chi connectivity index (χ2v) is 6.51. The number of rotatable bonds is 7. The normalized spacial score (nSPS) is 11.4. The Kier molecular flexibility index (Phi) is 6.31. The first-order chi connectivity index (χ1) is 9.31. The molecule has 20 heavy (non-hydrogen) atoms. The summed E-state index contributed by atoms with van der Waals surface area (Å²) in [5.41, 5.74) is 8.20. The molecule has 1 aromatic rings. The first-order valence-corrected chi connectivity index (χ1v) is 7.61. The first kappa shape index (κ1) is 16.8. The van der Waals surface area contributed by atoms with E-state index in [2.05, 4.69) is 32.6 Å². The molecule has 0 heterocycles. The summed E-state index contributed by atoms with van der Waals surface area (Å²) in [5, 5.41) is 0.